The average Bonchev–Trinajstić information content (AvgIpc) is 1.98. The van der Waals surface area contributed by atoms with Gasteiger partial charge in [0, 0.05) is 13.3 Å². The minimum atomic E-state index is -0.601. The van der Waals surface area contributed by atoms with E-state index in [0.717, 1.165) is 0 Å². The second kappa shape index (κ2) is 5.14. The van der Waals surface area contributed by atoms with Crippen molar-refractivity contribution in [2.45, 2.75) is 19.1 Å². The van der Waals surface area contributed by atoms with Crippen LogP contribution in [0.15, 0.2) is 17.3 Å². The van der Waals surface area contributed by atoms with E-state index in [1.54, 1.807) is 14.0 Å². The van der Waals surface area contributed by atoms with Crippen molar-refractivity contribution in [3.8, 4) is 0 Å². The second-order valence-electron chi connectivity index (χ2n) is 1.96. The van der Waals surface area contributed by atoms with Crippen LogP contribution in [0.5, 0.6) is 0 Å². The van der Waals surface area contributed by atoms with Gasteiger partial charge in [-0.2, -0.15) is 0 Å². The molecule has 0 aromatic rings. The molecule has 3 nitrogen and oxygen atoms in total. The Morgan fingerprint density at radius 1 is 1.70 bits per heavy atom. The molecule has 0 saturated carbocycles. The molecular weight excluding hydrogens is 130 g/mol. The molecule has 1 N–H and O–H groups in total. The van der Waals surface area contributed by atoms with Crippen LogP contribution in [0, 0.1) is 0 Å². The Morgan fingerprint density at radius 2 is 2.30 bits per heavy atom. The number of aliphatic hydroxyl groups is 1. The number of nitrogens with zero attached hydrogens (tertiary/aromatic N) is 1. The summed E-state index contributed by atoms with van der Waals surface area (Å²) in [5.74, 6) is 0. The molecule has 0 aromatic heterocycles. The van der Waals surface area contributed by atoms with Crippen LogP contribution >= 0.6 is 0 Å². The molecule has 58 valence electrons. The molecule has 0 fully saturated rings. The molecule has 2 atom stereocenters. The van der Waals surface area contributed by atoms with Gasteiger partial charge in [-0.3, -0.25) is 4.99 Å². The minimum Gasteiger partial charge on any atom is -0.386 e. The van der Waals surface area contributed by atoms with Crippen molar-refractivity contribution in [3.05, 3.63) is 12.3 Å². The van der Waals surface area contributed by atoms with E-state index < -0.39 is 6.10 Å². The van der Waals surface area contributed by atoms with Crippen LogP contribution < -0.4 is 0 Å². The first kappa shape index (κ1) is 9.33. The molecule has 0 saturated heterocycles. The first-order valence-electron chi connectivity index (χ1n) is 3.05. The first-order valence-corrected chi connectivity index (χ1v) is 3.05. The highest BCUT2D eigenvalue weighted by atomic mass is 16.5. The highest BCUT2D eigenvalue weighted by Crippen LogP contribution is 1.97. The summed E-state index contributed by atoms with van der Waals surface area (Å²) in [5.41, 5.74) is 0. The van der Waals surface area contributed by atoms with Crippen LogP contribution in [-0.4, -0.2) is 31.1 Å². The van der Waals surface area contributed by atoms with Crippen LogP contribution in [0.1, 0.15) is 6.92 Å². The van der Waals surface area contributed by atoms with Gasteiger partial charge in [-0.1, -0.05) is 0 Å². The Labute approximate surface area is 61.0 Å². The number of rotatable bonds is 4. The summed E-state index contributed by atoms with van der Waals surface area (Å²) < 4.78 is 4.85. The van der Waals surface area contributed by atoms with Crippen LogP contribution in [0.2, 0.25) is 0 Å². The van der Waals surface area contributed by atoms with E-state index in [1.807, 2.05) is 0 Å². The summed E-state index contributed by atoms with van der Waals surface area (Å²) in [5, 5.41) is 9.15. The fourth-order valence-electron chi connectivity index (χ4n) is 0.445. The number of ether oxygens (including phenoxy) is 1. The van der Waals surface area contributed by atoms with Gasteiger partial charge in [0.05, 0.1) is 12.2 Å². The van der Waals surface area contributed by atoms with E-state index >= 15 is 0 Å². The lowest BCUT2D eigenvalue weighted by Crippen LogP contribution is -2.22. The molecule has 0 rings (SSSR count). The quantitative estimate of drug-likeness (QED) is 0.585. The molecule has 0 aliphatic carbocycles. The third-order valence-corrected chi connectivity index (χ3v) is 1.24. The normalized spacial score (nSPS) is 17.1. The Hall–Kier alpha value is -0.670. The average molecular weight is 143 g/mol. The monoisotopic (exact) mass is 143 g/mol. The summed E-state index contributed by atoms with van der Waals surface area (Å²) in [6, 6.07) is 0. The Balaban J connectivity index is 3.70. The zero-order valence-corrected chi connectivity index (χ0v) is 6.32. The van der Waals surface area contributed by atoms with Crippen molar-refractivity contribution < 1.29 is 9.84 Å². The van der Waals surface area contributed by atoms with Crippen molar-refractivity contribution in [1.82, 2.24) is 0 Å². The van der Waals surface area contributed by atoms with E-state index in [1.165, 1.54) is 12.3 Å². The molecule has 0 aromatic carbocycles. The number of methoxy groups -OCH3 is 1. The van der Waals surface area contributed by atoms with Crippen molar-refractivity contribution >= 4 is 6.72 Å². The predicted molar refractivity (Wildman–Crippen MR) is 41.2 cm³/mol. The first-order chi connectivity index (χ1) is 4.72. The van der Waals surface area contributed by atoms with Gasteiger partial charge in [0.25, 0.3) is 0 Å². The van der Waals surface area contributed by atoms with Gasteiger partial charge in [0.2, 0.25) is 0 Å². The van der Waals surface area contributed by atoms with E-state index in [-0.39, 0.29) is 6.10 Å². The highest BCUT2D eigenvalue weighted by molar-refractivity contribution is 5.25. The number of aliphatic imine (C=N–C) groups is 1. The Bertz CT molecular complexity index is 123. The minimum absolute atomic E-state index is 0.196. The van der Waals surface area contributed by atoms with Crippen molar-refractivity contribution in [3.63, 3.8) is 0 Å². The highest BCUT2D eigenvalue weighted by Gasteiger charge is 2.07. The lowest BCUT2D eigenvalue weighted by Gasteiger charge is -2.12. The summed E-state index contributed by atoms with van der Waals surface area (Å²) in [6.07, 6.45) is 2.18. The maximum absolute atomic E-state index is 9.15. The molecule has 0 radical (unpaired) electrons. The molecule has 0 spiro atoms. The number of aliphatic hydroxyl groups excluding tert-OH is 1. The third-order valence-electron chi connectivity index (χ3n) is 1.24. The summed E-state index contributed by atoms with van der Waals surface area (Å²) >= 11 is 0. The molecule has 2 unspecified atom stereocenters. The zero-order chi connectivity index (χ0) is 7.98. The third kappa shape index (κ3) is 3.37. The zero-order valence-electron chi connectivity index (χ0n) is 6.32. The van der Waals surface area contributed by atoms with Crippen LogP contribution in [-0.2, 0) is 4.74 Å². The van der Waals surface area contributed by atoms with Gasteiger partial charge in [0.15, 0.2) is 0 Å². The molecule has 0 amide bonds. The molecule has 0 aliphatic heterocycles. The lowest BCUT2D eigenvalue weighted by molar-refractivity contribution is 0.0245. The van der Waals surface area contributed by atoms with E-state index in [4.69, 9.17) is 9.84 Å². The van der Waals surface area contributed by atoms with Gasteiger partial charge in [-0.15, -0.1) is 0 Å². The van der Waals surface area contributed by atoms with E-state index in [2.05, 4.69) is 11.7 Å². The van der Waals surface area contributed by atoms with Gasteiger partial charge in [-0.05, 0) is 19.7 Å². The maximum atomic E-state index is 9.15. The molecule has 0 aliphatic rings. The second-order valence-corrected chi connectivity index (χ2v) is 1.96. The molecule has 0 heterocycles. The molecule has 3 heteroatoms. The lowest BCUT2D eigenvalue weighted by atomic mass is 10.2. The van der Waals surface area contributed by atoms with E-state index in [9.17, 15) is 0 Å². The largest absolute Gasteiger partial charge is 0.386 e. The fraction of sp³-hybridized carbons (Fsp3) is 0.571. The topological polar surface area (TPSA) is 41.8 Å². The number of hydrogen-bond acceptors (Lipinski definition) is 3. The molecular formula is C7H13NO2. The van der Waals surface area contributed by atoms with Crippen molar-refractivity contribution in [2.75, 3.05) is 7.11 Å². The Kier molecular flexibility index (Phi) is 4.80. The smallest absolute Gasteiger partial charge is 0.0997 e. The Morgan fingerprint density at radius 3 is 2.70 bits per heavy atom. The van der Waals surface area contributed by atoms with Gasteiger partial charge >= 0.3 is 0 Å². The SMILES string of the molecule is C=N/C=C/C(O)C(C)OC. The summed E-state index contributed by atoms with van der Waals surface area (Å²) in [4.78, 5) is 3.45. The van der Waals surface area contributed by atoms with Gasteiger partial charge < -0.3 is 9.84 Å². The van der Waals surface area contributed by atoms with Crippen molar-refractivity contribution in [2.24, 2.45) is 4.99 Å². The van der Waals surface area contributed by atoms with Gasteiger partial charge in [-0.25, -0.2) is 0 Å². The summed E-state index contributed by atoms with van der Waals surface area (Å²) in [6.45, 7) is 5.00. The van der Waals surface area contributed by atoms with E-state index in [0.29, 0.717) is 0 Å². The molecule has 0 bridgehead atoms. The van der Waals surface area contributed by atoms with Crippen LogP contribution in [0.25, 0.3) is 0 Å². The standard InChI is InChI=1S/C7H13NO2/c1-6(10-3)7(9)4-5-8-2/h4-7,9H,2H2,1,3H3/b5-4+. The van der Waals surface area contributed by atoms with Crippen molar-refractivity contribution in [1.29, 1.82) is 0 Å². The van der Waals surface area contributed by atoms with Crippen LogP contribution in [0.4, 0.5) is 0 Å². The maximum Gasteiger partial charge on any atom is 0.0997 e. The summed E-state index contributed by atoms with van der Waals surface area (Å²) in [7, 11) is 1.54. The molecule has 10 heavy (non-hydrogen) atoms. The number of hydrogen-bond donors (Lipinski definition) is 1. The van der Waals surface area contributed by atoms with Gasteiger partial charge in [0.1, 0.15) is 0 Å². The van der Waals surface area contributed by atoms with Crippen LogP contribution in [0.3, 0.4) is 0 Å². The fourth-order valence-corrected chi connectivity index (χ4v) is 0.445. The predicted octanol–water partition coefficient (Wildman–Crippen LogP) is 0.597.